The Morgan fingerprint density at radius 1 is 1.04 bits per heavy atom. The van der Waals surface area contributed by atoms with Crippen molar-refractivity contribution in [1.82, 2.24) is 15.5 Å². The van der Waals surface area contributed by atoms with Crippen LogP contribution in [0.2, 0.25) is 0 Å². The van der Waals surface area contributed by atoms with Gasteiger partial charge in [-0.2, -0.15) is 0 Å². The van der Waals surface area contributed by atoms with Gasteiger partial charge in [0.2, 0.25) is 5.91 Å². The molecule has 5 heteroatoms. The average Bonchev–Trinajstić information content (AvgIpc) is 2.71. The van der Waals surface area contributed by atoms with Crippen LogP contribution in [0.1, 0.15) is 34.8 Å². The van der Waals surface area contributed by atoms with Gasteiger partial charge >= 0.3 is 0 Å². The molecule has 2 amide bonds. The van der Waals surface area contributed by atoms with Crippen LogP contribution >= 0.6 is 0 Å². The third-order valence-electron chi connectivity index (χ3n) is 4.94. The molecule has 2 aromatic rings. The van der Waals surface area contributed by atoms with E-state index in [9.17, 15) is 9.59 Å². The van der Waals surface area contributed by atoms with Crippen molar-refractivity contribution in [2.45, 2.75) is 32.4 Å². The van der Waals surface area contributed by atoms with E-state index in [1.54, 1.807) is 31.2 Å². The summed E-state index contributed by atoms with van der Waals surface area (Å²) in [6.07, 6.45) is 1.98. The van der Waals surface area contributed by atoms with E-state index >= 15 is 0 Å². The summed E-state index contributed by atoms with van der Waals surface area (Å²) in [5.41, 5.74) is 3.41. The van der Waals surface area contributed by atoms with Gasteiger partial charge in [-0.15, -0.1) is 0 Å². The van der Waals surface area contributed by atoms with Crippen LogP contribution in [0.5, 0.6) is 0 Å². The highest BCUT2D eigenvalue weighted by molar-refractivity contribution is 5.97. The van der Waals surface area contributed by atoms with Gasteiger partial charge in [0.05, 0.1) is 0 Å². The number of hydrogen-bond acceptors (Lipinski definition) is 3. The van der Waals surface area contributed by atoms with Gasteiger partial charge in [-0.05, 0) is 43.0 Å². The lowest BCUT2D eigenvalue weighted by Gasteiger charge is -2.28. The second-order valence-corrected chi connectivity index (χ2v) is 7.00. The molecule has 1 aliphatic heterocycles. The molecule has 0 saturated heterocycles. The Labute approximate surface area is 160 Å². The summed E-state index contributed by atoms with van der Waals surface area (Å²) >= 11 is 0. The molecule has 0 aromatic heterocycles. The summed E-state index contributed by atoms with van der Waals surface area (Å²) in [5, 5.41) is 5.65. The number of hydrogen-bond donors (Lipinski definition) is 2. The van der Waals surface area contributed by atoms with E-state index in [4.69, 9.17) is 0 Å². The fraction of sp³-hybridized carbons (Fsp3) is 0.364. The molecule has 0 bridgehead atoms. The zero-order valence-corrected chi connectivity index (χ0v) is 15.8. The lowest BCUT2D eigenvalue weighted by molar-refractivity contribution is -0.122. The minimum Gasteiger partial charge on any atom is -0.354 e. The van der Waals surface area contributed by atoms with Crippen LogP contribution in [0.3, 0.4) is 0 Å². The Kier molecular flexibility index (Phi) is 6.60. The maximum absolute atomic E-state index is 12.2. The van der Waals surface area contributed by atoms with E-state index in [2.05, 4.69) is 39.8 Å². The van der Waals surface area contributed by atoms with Crippen molar-refractivity contribution in [3.63, 3.8) is 0 Å². The molecule has 2 aromatic carbocycles. The number of fused-ring (bicyclic) bond motifs is 1. The third-order valence-corrected chi connectivity index (χ3v) is 4.94. The van der Waals surface area contributed by atoms with Gasteiger partial charge in [0.1, 0.15) is 6.04 Å². The minimum absolute atomic E-state index is 0.150. The van der Waals surface area contributed by atoms with Crippen LogP contribution < -0.4 is 10.6 Å². The normalized spacial score (nSPS) is 14.9. The Bertz CT molecular complexity index is 776. The molecule has 0 spiro atoms. The number of nitrogens with one attached hydrogen (secondary N) is 2. The van der Waals surface area contributed by atoms with Crippen LogP contribution in [-0.4, -0.2) is 42.4 Å². The van der Waals surface area contributed by atoms with Crippen LogP contribution in [0.4, 0.5) is 0 Å². The van der Waals surface area contributed by atoms with Crippen LogP contribution in [0.25, 0.3) is 0 Å². The fourth-order valence-corrected chi connectivity index (χ4v) is 3.35. The summed E-state index contributed by atoms with van der Waals surface area (Å²) in [6.45, 7) is 5.32. The standard InChI is InChI=1S/C22H27N3O2/c1-17(24-22(27)19-9-3-2-4-10-19)21(26)23-13-7-14-25-15-12-18-8-5-6-11-20(18)16-25/h2-6,8-11,17H,7,12-16H2,1H3,(H,23,26)(H,24,27)/t17-/m0/s1. The van der Waals surface area contributed by atoms with Crippen LogP contribution in [0.15, 0.2) is 54.6 Å². The monoisotopic (exact) mass is 365 g/mol. The van der Waals surface area contributed by atoms with Crippen LogP contribution in [-0.2, 0) is 17.8 Å². The summed E-state index contributed by atoms with van der Waals surface area (Å²) in [7, 11) is 0. The molecule has 0 fully saturated rings. The van der Waals surface area contributed by atoms with Gasteiger partial charge in [-0.25, -0.2) is 0 Å². The first-order chi connectivity index (χ1) is 13.1. The topological polar surface area (TPSA) is 61.4 Å². The molecule has 0 saturated carbocycles. The minimum atomic E-state index is -0.556. The molecule has 27 heavy (non-hydrogen) atoms. The predicted molar refractivity (Wildman–Crippen MR) is 106 cm³/mol. The average molecular weight is 365 g/mol. The fourth-order valence-electron chi connectivity index (χ4n) is 3.35. The lowest BCUT2D eigenvalue weighted by Crippen LogP contribution is -2.45. The Hall–Kier alpha value is -2.66. The molecule has 2 N–H and O–H groups in total. The van der Waals surface area contributed by atoms with Crippen molar-refractivity contribution >= 4 is 11.8 Å². The van der Waals surface area contributed by atoms with Crippen molar-refractivity contribution < 1.29 is 9.59 Å². The first kappa shape index (κ1) is 19.1. The molecule has 5 nitrogen and oxygen atoms in total. The molecule has 1 aliphatic rings. The Morgan fingerprint density at radius 3 is 2.52 bits per heavy atom. The smallest absolute Gasteiger partial charge is 0.251 e. The maximum Gasteiger partial charge on any atom is 0.251 e. The largest absolute Gasteiger partial charge is 0.354 e. The number of benzene rings is 2. The van der Waals surface area contributed by atoms with Crippen molar-refractivity contribution in [2.24, 2.45) is 0 Å². The number of nitrogens with zero attached hydrogens (tertiary/aromatic N) is 1. The predicted octanol–water partition coefficient (Wildman–Crippen LogP) is 2.37. The van der Waals surface area contributed by atoms with Gasteiger partial charge in [-0.1, -0.05) is 42.5 Å². The summed E-state index contributed by atoms with van der Waals surface area (Å²) in [6, 6.07) is 17.0. The van der Waals surface area contributed by atoms with E-state index in [1.165, 1.54) is 11.1 Å². The lowest BCUT2D eigenvalue weighted by atomic mass is 10.00. The number of carbonyl (C=O) groups excluding carboxylic acids is 2. The molecule has 0 radical (unpaired) electrons. The summed E-state index contributed by atoms with van der Waals surface area (Å²) in [5.74, 6) is -0.381. The first-order valence-corrected chi connectivity index (χ1v) is 9.56. The molecular formula is C22H27N3O2. The summed E-state index contributed by atoms with van der Waals surface area (Å²) in [4.78, 5) is 26.7. The molecule has 1 atom stereocenters. The molecule has 0 unspecified atom stereocenters. The van der Waals surface area contributed by atoms with Crippen molar-refractivity contribution in [2.75, 3.05) is 19.6 Å². The van der Waals surface area contributed by atoms with E-state index in [0.29, 0.717) is 12.1 Å². The third kappa shape index (κ3) is 5.41. The molecule has 3 rings (SSSR count). The SMILES string of the molecule is C[C@H](NC(=O)c1ccccc1)C(=O)NCCCN1CCc2ccccc2C1. The van der Waals surface area contributed by atoms with Gasteiger partial charge in [0.15, 0.2) is 0 Å². The van der Waals surface area contributed by atoms with E-state index in [1.807, 2.05) is 6.07 Å². The molecule has 142 valence electrons. The summed E-state index contributed by atoms with van der Waals surface area (Å²) < 4.78 is 0. The molecule has 0 aliphatic carbocycles. The highest BCUT2D eigenvalue weighted by atomic mass is 16.2. The van der Waals surface area contributed by atoms with E-state index in [0.717, 1.165) is 32.5 Å². The quantitative estimate of drug-likeness (QED) is 0.741. The second kappa shape index (κ2) is 9.33. The Morgan fingerprint density at radius 2 is 1.74 bits per heavy atom. The van der Waals surface area contributed by atoms with Gasteiger partial charge in [0, 0.05) is 31.7 Å². The van der Waals surface area contributed by atoms with Gasteiger partial charge < -0.3 is 10.6 Å². The molecular weight excluding hydrogens is 338 g/mol. The molecule has 1 heterocycles. The van der Waals surface area contributed by atoms with Gasteiger partial charge in [-0.3, -0.25) is 14.5 Å². The zero-order valence-electron chi connectivity index (χ0n) is 15.8. The highest BCUT2D eigenvalue weighted by Crippen LogP contribution is 2.18. The first-order valence-electron chi connectivity index (χ1n) is 9.56. The number of rotatable bonds is 7. The zero-order chi connectivity index (χ0) is 19.1. The maximum atomic E-state index is 12.2. The van der Waals surface area contributed by atoms with Crippen molar-refractivity contribution in [3.8, 4) is 0 Å². The number of amides is 2. The van der Waals surface area contributed by atoms with E-state index < -0.39 is 6.04 Å². The van der Waals surface area contributed by atoms with E-state index in [-0.39, 0.29) is 11.8 Å². The highest BCUT2D eigenvalue weighted by Gasteiger charge is 2.17. The number of carbonyl (C=O) groups is 2. The Balaban J connectivity index is 1.35. The second-order valence-electron chi connectivity index (χ2n) is 7.00. The van der Waals surface area contributed by atoms with Crippen molar-refractivity contribution in [3.05, 3.63) is 71.3 Å². The van der Waals surface area contributed by atoms with Crippen LogP contribution in [0, 0.1) is 0 Å². The van der Waals surface area contributed by atoms with Crippen molar-refractivity contribution in [1.29, 1.82) is 0 Å². The van der Waals surface area contributed by atoms with Gasteiger partial charge in [0.25, 0.3) is 5.91 Å².